The minimum Gasteiger partial charge on any atom is -0.389 e. The molecule has 7 nitrogen and oxygen atoms in total. The molecule has 0 aromatic carbocycles. The van der Waals surface area contributed by atoms with Crippen LogP contribution in [-0.2, 0) is 4.74 Å². The Morgan fingerprint density at radius 2 is 2.18 bits per heavy atom. The van der Waals surface area contributed by atoms with E-state index >= 15 is 0 Å². The summed E-state index contributed by atoms with van der Waals surface area (Å²) >= 11 is 1.41. The highest BCUT2D eigenvalue weighted by atomic mass is 32.1. The number of nitrogens with one attached hydrogen (secondary N) is 1. The molecule has 1 fully saturated rings. The number of amides is 1. The van der Waals surface area contributed by atoms with Crippen molar-refractivity contribution in [1.29, 1.82) is 0 Å². The van der Waals surface area contributed by atoms with Crippen LogP contribution >= 0.6 is 11.3 Å². The molecule has 0 spiro atoms. The maximum Gasteiger partial charge on any atom is 0.265 e. The lowest BCUT2D eigenvalue weighted by molar-refractivity contribution is 0.0252. The first-order chi connectivity index (χ1) is 13.7. The average molecular weight is 403 g/mol. The number of aromatic nitrogens is 1. The highest BCUT2D eigenvalue weighted by Gasteiger charge is 2.20. The second-order valence-corrected chi connectivity index (χ2v) is 7.55. The quantitative estimate of drug-likeness (QED) is 0.494. The van der Waals surface area contributed by atoms with Gasteiger partial charge in [-0.2, -0.15) is 0 Å². The van der Waals surface area contributed by atoms with Gasteiger partial charge in [-0.15, -0.1) is 17.9 Å². The van der Waals surface area contributed by atoms with E-state index in [1.165, 1.54) is 11.3 Å². The first-order valence-electron chi connectivity index (χ1n) is 9.30. The van der Waals surface area contributed by atoms with E-state index in [1.807, 2.05) is 23.6 Å². The number of β-amino-alcohol motifs (C(OH)–C–C–N with tert-alkyl or cyclic N) is 1. The minimum atomic E-state index is -0.490. The standard InChI is InChI=1S/C20H26N4O3S/c1-2-11-27-15-17(25)14-23-7-9-24(10-8-23)19-6-5-16(13-21-19)22-20(26)18-4-3-12-28-18/h2-6,12-13,17,25H,1,7-11,14-15H2,(H,22,26). The van der Waals surface area contributed by atoms with Crippen molar-refractivity contribution < 1.29 is 14.6 Å². The summed E-state index contributed by atoms with van der Waals surface area (Å²) in [5.41, 5.74) is 0.684. The Balaban J connectivity index is 1.44. The van der Waals surface area contributed by atoms with Crippen molar-refractivity contribution >= 4 is 28.7 Å². The highest BCUT2D eigenvalue weighted by molar-refractivity contribution is 7.12. The molecule has 2 aromatic rings. The number of carbonyl (C=O) groups excluding carboxylic acids is 1. The van der Waals surface area contributed by atoms with Crippen LogP contribution in [0.2, 0.25) is 0 Å². The molecule has 0 bridgehead atoms. The third kappa shape index (κ3) is 5.87. The molecule has 2 aromatic heterocycles. The number of nitrogens with zero attached hydrogens (tertiary/aromatic N) is 3. The van der Waals surface area contributed by atoms with E-state index < -0.39 is 6.10 Å². The summed E-state index contributed by atoms with van der Waals surface area (Å²) in [5.74, 6) is 0.775. The molecule has 1 aliphatic heterocycles. The fraction of sp³-hybridized carbons (Fsp3) is 0.400. The van der Waals surface area contributed by atoms with Gasteiger partial charge in [0.05, 0.1) is 36.1 Å². The summed E-state index contributed by atoms with van der Waals surface area (Å²) in [4.78, 5) is 21.7. The molecule has 1 atom stereocenters. The molecule has 1 saturated heterocycles. The van der Waals surface area contributed by atoms with Crippen LogP contribution in [0.15, 0.2) is 48.5 Å². The zero-order chi connectivity index (χ0) is 19.8. The molecule has 8 heteroatoms. The van der Waals surface area contributed by atoms with Crippen molar-refractivity contribution in [1.82, 2.24) is 9.88 Å². The smallest absolute Gasteiger partial charge is 0.265 e. The Kier molecular flexibility index (Phi) is 7.55. The van der Waals surface area contributed by atoms with E-state index in [1.54, 1.807) is 18.3 Å². The van der Waals surface area contributed by atoms with Crippen molar-refractivity contribution in [2.24, 2.45) is 0 Å². The van der Waals surface area contributed by atoms with Crippen LogP contribution in [0.3, 0.4) is 0 Å². The minimum absolute atomic E-state index is 0.117. The van der Waals surface area contributed by atoms with Gasteiger partial charge in [-0.05, 0) is 23.6 Å². The predicted molar refractivity (Wildman–Crippen MR) is 112 cm³/mol. The van der Waals surface area contributed by atoms with Crippen LogP contribution in [-0.4, -0.2) is 72.9 Å². The van der Waals surface area contributed by atoms with Gasteiger partial charge in [0.25, 0.3) is 5.91 Å². The number of pyridine rings is 1. The Morgan fingerprint density at radius 1 is 1.36 bits per heavy atom. The van der Waals surface area contributed by atoms with Crippen molar-refractivity contribution in [2.45, 2.75) is 6.10 Å². The van der Waals surface area contributed by atoms with Crippen molar-refractivity contribution in [3.63, 3.8) is 0 Å². The molecular weight excluding hydrogens is 376 g/mol. The summed E-state index contributed by atoms with van der Waals surface area (Å²) in [7, 11) is 0. The fourth-order valence-electron chi connectivity index (χ4n) is 3.05. The lowest BCUT2D eigenvalue weighted by atomic mass is 10.2. The zero-order valence-electron chi connectivity index (χ0n) is 15.8. The number of aliphatic hydroxyl groups is 1. The Hall–Kier alpha value is -2.26. The van der Waals surface area contributed by atoms with Crippen molar-refractivity contribution in [2.75, 3.05) is 56.2 Å². The number of anilines is 2. The number of rotatable bonds is 9. The molecule has 0 aliphatic carbocycles. The SMILES string of the molecule is C=CCOCC(O)CN1CCN(c2ccc(NC(=O)c3cccs3)cn2)CC1. The zero-order valence-corrected chi connectivity index (χ0v) is 16.6. The average Bonchev–Trinajstić information content (AvgIpc) is 3.24. The largest absolute Gasteiger partial charge is 0.389 e. The predicted octanol–water partition coefficient (Wildman–Crippen LogP) is 2.08. The summed E-state index contributed by atoms with van der Waals surface area (Å²) in [5, 5.41) is 14.8. The van der Waals surface area contributed by atoms with Gasteiger partial charge < -0.3 is 20.1 Å². The number of carbonyl (C=O) groups is 1. The molecule has 1 unspecified atom stereocenters. The van der Waals surface area contributed by atoms with Gasteiger partial charge in [-0.3, -0.25) is 9.69 Å². The van der Waals surface area contributed by atoms with Gasteiger partial charge >= 0.3 is 0 Å². The molecule has 1 amide bonds. The van der Waals surface area contributed by atoms with E-state index in [9.17, 15) is 9.90 Å². The van der Waals surface area contributed by atoms with Gasteiger partial charge in [-0.1, -0.05) is 12.1 Å². The van der Waals surface area contributed by atoms with Crippen LogP contribution in [0.1, 0.15) is 9.67 Å². The van der Waals surface area contributed by atoms with Crippen LogP contribution < -0.4 is 10.2 Å². The second kappa shape index (κ2) is 10.3. The van der Waals surface area contributed by atoms with E-state index in [0.29, 0.717) is 30.3 Å². The number of thiophene rings is 1. The Morgan fingerprint density at radius 3 is 2.82 bits per heavy atom. The van der Waals surface area contributed by atoms with E-state index in [0.717, 1.165) is 32.0 Å². The van der Waals surface area contributed by atoms with Gasteiger partial charge in [-0.25, -0.2) is 4.98 Å². The molecule has 28 heavy (non-hydrogen) atoms. The van der Waals surface area contributed by atoms with Crippen LogP contribution in [0, 0.1) is 0 Å². The number of hydrogen-bond acceptors (Lipinski definition) is 7. The van der Waals surface area contributed by atoms with Crippen LogP contribution in [0.5, 0.6) is 0 Å². The van der Waals surface area contributed by atoms with Gasteiger partial charge in [0, 0.05) is 32.7 Å². The van der Waals surface area contributed by atoms with Gasteiger partial charge in [0.1, 0.15) is 5.82 Å². The van der Waals surface area contributed by atoms with Crippen LogP contribution in [0.4, 0.5) is 11.5 Å². The first-order valence-corrected chi connectivity index (χ1v) is 10.2. The number of piperazine rings is 1. The maximum absolute atomic E-state index is 12.1. The summed E-state index contributed by atoms with van der Waals surface area (Å²) in [6.45, 7) is 8.38. The highest BCUT2D eigenvalue weighted by Crippen LogP contribution is 2.18. The van der Waals surface area contributed by atoms with E-state index in [4.69, 9.17) is 4.74 Å². The van der Waals surface area contributed by atoms with Crippen LogP contribution in [0.25, 0.3) is 0 Å². The summed E-state index contributed by atoms with van der Waals surface area (Å²) in [6, 6.07) is 7.45. The lowest BCUT2D eigenvalue weighted by Gasteiger charge is -2.36. The molecule has 3 rings (SSSR count). The summed E-state index contributed by atoms with van der Waals surface area (Å²) in [6.07, 6.45) is 2.88. The molecule has 150 valence electrons. The monoisotopic (exact) mass is 402 g/mol. The molecule has 0 saturated carbocycles. The second-order valence-electron chi connectivity index (χ2n) is 6.60. The summed E-state index contributed by atoms with van der Waals surface area (Å²) < 4.78 is 5.29. The fourth-order valence-corrected chi connectivity index (χ4v) is 3.66. The third-order valence-electron chi connectivity index (χ3n) is 4.46. The number of hydrogen-bond donors (Lipinski definition) is 2. The van der Waals surface area contributed by atoms with E-state index in [2.05, 4.69) is 26.7 Å². The molecule has 2 N–H and O–H groups in total. The number of ether oxygens (including phenoxy) is 1. The normalized spacial score (nSPS) is 16.0. The molecule has 1 aliphatic rings. The van der Waals surface area contributed by atoms with Gasteiger partial charge in [0.2, 0.25) is 0 Å². The maximum atomic E-state index is 12.1. The molecule has 3 heterocycles. The molecular formula is C20H26N4O3S. The first kappa shape index (κ1) is 20.5. The van der Waals surface area contributed by atoms with Gasteiger partial charge in [0.15, 0.2) is 0 Å². The van der Waals surface area contributed by atoms with Crippen molar-refractivity contribution in [3.8, 4) is 0 Å². The lowest BCUT2D eigenvalue weighted by Crippen LogP contribution is -2.49. The molecule has 0 radical (unpaired) electrons. The Labute approximate surface area is 169 Å². The Bertz CT molecular complexity index is 743. The topological polar surface area (TPSA) is 77.9 Å². The van der Waals surface area contributed by atoms with Crippen molar-refractivity contribution in [3.05, 3.63) is 53.4 Å². The van der Waals surface area contributed by atoms with E-state index in [-0.39, 0.29) is 5.91 Å². The number of aliphatic hydroxyl groups excluding tert-OH is 1. The third-order valence-corrected chi connectivity index (χ3v) is 5.33.